The Balaban J connectivity index is 0.00000288. The van der Waals surface area contributed by atoms with Gasteiger partial charge in [-0.1, -0.05) is 12.5 Å². The number of nitrogens with zero attached hydrogens (tertiary/aromatic N) is 2. The number of halogens is 2. The lowest BCUT2D eigenvalue weighted by molar-refractivity contribution is -0.132. The summed E-state index contributed by atoms with van der Waals surface area (Å²) in [6.45, 7) is 4.77. The zero-order valence-electron chi connectivity index (χ0n) is 14.5. The van der Waals surface area contributed by atoms with Crippen LogP contribution in [0.2, 0.25) is 0 Å². The molecule has 1 saturated heterocycles. The van der Waals surface area contributed by atoms with Gasteiger partial charge in [-0.15, -0.1) is 24.8 Å². The summed E-state index contributed by atoms with van der Waals surface area (Å²) in [4.78, 5) is 30.1. The second-order valence-corrected chi connectivity index (χ2v) is 6.03. The van der Waals surface area contributed by atoms with E-state index in [1.165, 1.54) is 0 Å². The number of amides is 2. The molecule has 9 heteroatoms. The minimum Gasteiger partial charge on any atom is -0.384 e. The number of nitrogens with two attached hydrogens (primary N) is 2. The number of primary amides is 1. The third-order valence-corrected chi connectivity index (χ3v) is 4.42. The number of piperidine rings is 1. The van der Waals surface area contributed by atoms with Crippen LogP contribution in [0.3, 0.4) is 0 Å². The SMILES string of the molecule is Cc1nc(N)ccc1CNC(=O)[C@H](C)N1CCCCC1C(N)=O.Cl.Cl. The lowest BCUT2D eigenvalue weighted by atomic mass is 9.99. The van der Waals surface area contributed by atoms with Gasteiger partial charge in [-0.2, -0.15) is 0 Å². The largest absolute Gasteiger partial charge is 0.384 e. The number of pyridine rings is 1. The molecule has 25 heavy (non-hydrogen) atoms. The second kappa shape index (κ2) is 10.4. The third-order valence-electron chi connectivity index (χ3n) is 4.42. The van der Waals surface area contributed by atoms with E-state index in [-0.39, 0.29) is 42.7 Å². The van der Waals surface area contributed by atoms with Crippen LogP contribution in [0.15, 0.2) is 12.1 Å². The van der Waals surface area contributed by atoms with Crippen molar-refractivity contribution < 1.29 is 9.59 Å². The number of likely N-dealkylation sites (tertiary alicyclic amines) is 1. The Bertz CT molecular complexity index is 600. The van der Waals surface area contributed by atoms with Crippen LogP contribution in [0.1, 0.15) is 37.4 Å². The molecule has 142 valence electrons. The summed E-state index contributed by atoms with van der Waals surface area (Å²) < 4.78 is 0. The number of carbonyl (C=O) groups excluding carboxylic acids is 2. The molecule has 2 atom stereocenters. The van der Waals surface area contributed by atoms with Crippen molar-refractivity contribution in [2.45, 2.75) is 51.7 Å². The van der Waals surface area contributed by atoms with Gasteiger partial charge >= 0.3 is 0 Å². The van der Waals surface area contributed by atoms with E-state index < -0.39 is 6.04 Å². The average Bonchev–Trinajstić information content (AvgIpc) is 2.53. The lowest BCUT2D eigenvalue weighted by Gasteiger charge is -2.37. The Kier molecular flexibility index (Phi) is 9.77. The van der Waals surface area contributed by atoms with E-state index in [0.717, 1.165) is 24.1 Å². The fraction of sp³-hybridized carbons (Fsp3) is 0.562. The van der Waals surface area contributed by atoms with Crippen LogP contribution in [0.5, 0.6) is 0 Å². The number of hydrogen-bond acceptors (Lipinski definition) is 5. The molecule has 1 aromatic rings. The van der Waals surface area contributed by atoms with Gasteiger partial charge in [-0.25, -0.2) is 4.98 Å². The predicted molar refractivity (Wildman–Crippen MR) is 103 cm³/mol. The summed E-state index contributed by atoms with van der Waals surface area (Å²) in [5.41, 5.74) is 12.8. The quantitative estimate of drug-likeness (QED) is 0.696. The fourth-order valence-electron chi connectivity index (χ4n) is 3.00. The normalized spacial score (nSPS) is 18.4. The van der Waals surface area contributed by atoms with E-state index in [9.17, 15) is 9.59 Å². The molecule has 0 spiro atoms. The smallest absolute Gasteiger partial charge is 0.237 e. The highest BCUT2D eigenvalue weighted by atomic mass is 35.5. The van der Waals surface area contributed by atoms with E-state index in [1.807, 2.05) is 24.8 Å². The zero-order valence-corrected chi connectivity index (χ0v) is 16.2. The lowest BCUT2D eigenvalue weighted by Crippen LogP contribution is -2.55. The highest BCUT2D eigenvalue weighted by Crippen LogP contribution is 2.19. The summed E-state index contributed by atoms with van der Waals surface area (Å²) in [5, 5.41) is 2.90. The molecule has 2 heterocycles. The Morgan fingerprint density at radius 3 is 2.64 bits per heavy atom. The van der Waals surface area contributed by atoms with Crippen LogP contribution in [-0.2, 0) is 16.1 Å². The Morgan fingerprint density at radius 1 is 1.36 bits per heavy atom. The number of carbonyl (C=O) groups is 2. The molecule has 1 aliphatic heterocycles. The van der Waals surface area contributed by atoms with Crippen LogP contribution in [0, 0.1) is 6.92 Å². The van der Waals surface area contributed by atoms with Crippen LogP contribution >= 0.6 is 24.8 Å². The summed E-state index contributed by atoms with van der Waals surface area (Å²) >= 11 is 0. The summed E-state index contributed by atoms with van der Waals surface area (Å²) in [5.74, 6) is -0.0131. The number of rotatable bonds is 5. The molecule has 1 fully saturated rings. The molecule has 0 radical (unpaired) electrons. The van der Waals surface area contributed by atoms with Gasteiger partial charge in [0.05, 0.1) is 12.1 Å². The van der Waals surface area contributed by atoms with E-state index in [2.05, 4.69) is 10.3 Å². The van der Waals surface area contributed by atoms with E-state index in [0.29, 0.717) is 25.3 Å². The van der Waals surface area contributed by atoms with Gasteiger partial charge in [0.25, 0.3) is 0 Å². The zero-order chi connectivity index (χ0) is 17.0. The number of hydrogen-bond donors (Lipinski definition) is 3. The molecule has 2 amide bonds. The molecule has 1 aliphatic rings. The predicted octanol–water partition coefficient (Wildman–Crippen LogP) is 1.16. The first kappa shape index (κ1) is 23.4. The topological polar surface area (TPSA) is 114 Å². The maximum absolute atomic E-state index is 12.4. The Labute approximate surface area is 160 Å². The molecule has 0 aromatic carbocycles. The van der Waals surface area contributed by atoms with Gasteiger partial charge in [0.15, 0.2) is 0 Å². The van der Waals surface area contributed by atoms with Crippen molar-refractivity contribution >= 4 is 42.4 Å². The number of anilines is 1. The Hall–Kier alpha value is -1.57. The molecule has 0 aliphatic carbocycles. The summed E-state index contributed by atoms with van der Waals surface area (Å²) in [6, 6.07) is 2.82. The van der Waals surface area contributed by atoms with E-state index in [4.69, 9.17) is 11.5 Å². The molecule has 0 saturated carbocycles. The number of aryl methyl sites for hydroxylation is 1. The van der Waals surface area contributed by atoms with Crippen molar-refractivity contribution in [1.29, 1.82) is 0 Å². The van der Waals surface area contributed by atoms with E-state index >= 15 is 0 Å². The van der Waals surface area contributed by atoms with E-state index in [1.54, 1.807) is 6.07 Å². The minimum atomic E-state index is -0.394. The van der Waals surface area contributed by atoms with Crippen LogP contribution in [0.4, 0.5) is 5.82 Å². The van der Waals surface area contributed by atoms with Crippen LogP contribution < -0.4 is 16.8 Å². The van der Waals surface area contributed by atoms with Crippen molar-refractivity contribution in [3.8, 4) is 0 Å². The maximum Gasteiger partial charge on any atom is 0.237 e. The molecule has 5 N–H and O–H groups in total. The molecular weight excluding hydrogens is 365 g/mol. The summed E-state index contributed by atoms with van der Waals surface area (Å²) in [7, 11) is 0. The highest BCUT2D eigenvalue weighted by Gasteiger charge is 2.33. The molecule has 7 nitrogen and oxygen atoms in total. The third kappa shape index (κ3) is 6.02. The number of nitrogens with one attached hydrogen (secondary N) is 1. The maximum atomic E-state index is 12.4. The van der Waals surface area contributed by atoms with Gasteiger partial charge < -0.3 is 16.8 Å². The molecule has 1 aromatic heterocycles. The fourth-order valence-corrected chi connectivity index (χ4v) is 3.00. The second-order valence-electron chi connectivity index (χ2n) is 6.03. The monoisotopic (exact) mass is 391 g/mol. The van der Waals surface area contributed by atoms with Crippen LogP contribution in [-0.4, -0.2) is 40.3 Å². The van der Waals surface area contributed by atoms with Gasteiger partial charge in [0.2, 0.25) is 11.8 Å². The Morgan fingerprint density at radius 2 is 2.04 bits per heavy atom. The number of aromatic nitrogens is 1. The highest BCUT2D eigenvalue weighted by molar-refractivity contribution is 5.86. The average molecular weight is 392 g/mol. The first-order valence-electron chi connectivity index (χ1n) is 7.95. The van der Waals surface area contributed by atoms with Crippen molar-refractivity contribution in [1.82, 2.24) is 15.2 Å². The van der Waals surface area contributed by atoms with Crippen LogP contribution in [0.25, 0.3) is 0 Å². The van der Waals surface area contributed by atoms with Crippen molar-refractivity contribution in [3.05, 3.63) is 23.4 Å². The summed E-state index contributed by atoms with van der Waals surface area (Å²) in [6.07, 6.45) is 2.66. The first-order chi connectivity index (χ1) is 10.9. The van der Waals surface area contributed by atoms with Gasteiger partial charge in [0.1, 0.15) is 5.82 Å². The van der Waals surface area contributed by atoms with Gasteiger partial charge in [-0.05, 0) is 44.9 Å². The molecule has 1 unspecified atom stereocenters. The van der Waals surface area contributed by atoms with Gasteiger partial charge in [-0.3, -0.25) is 14.5 Å². The van der Waals surface area contributed by atoms with Crippen molar-refractivity contribution in [2.24, 2.45) is 5.73 Å². The minimum absolute atomic E-state index is 0. The molecule has 0 bridgehead atoms. The molecular formula is C16H27Cl2N5O2. The van der Waals surface area contributed by atoms with Gasteiger partial charge in [0, 0.05) is 12.2 Å². The van der Waals surface area contributed by atoms with Crippen molar-refractivity contribution in [3.63, 3.8) is 0 Å². The van der Waals surface area contributed by atoms with Crippen molar-refractivity contribution in [2.75, 3.05) is 12.3 Å². The standard InChI is InChI=1S/C16H25N5O2.2ClH/c1-10-12(6-7-14(17)20-10)9-19-16(23)11(2)21-8-4-3-5-13(21)15(18)22;;/h6-7,11,13H,3-5,8-9H2,1-2H3,(H2,17,20)(H2,18,22)(H,19,23);2*1H/t11-,13?;;/m0../s1. The number of nitrogen functional groups attached to an aromatic ring is 1. The first-order valence-corrected chi connectivity index (χ1v) is 7.95. The molecule has 2 rings (SSSR count).